The minimum absolute atomic E-state index is 0.0139. The van der Waals surface area contributed by atoms with Crippen molar-refractivity contribution < 1.29 is 9.53 Å². The molecule has 1 aliphatic rings. The van der Waals surface area contributed by atoms with Gasteiger partial charge in [-0.25, -0.2) is 0 Å². The number of ether oxygens (including phenoxy) is 1. The lowest BCUT2D eigenvalue weighted by atomic mass is 10.1. The standard InChI is InChI=1S/C15H19ClN2O2/c1-20-14-6-5-12(16)9-11(14)4-7-15(19)18-8-2-3-13(18)10-17/h4-7,9,13H,2-3,8,10,17H2,1H3/b7-4+. The number of halogens is 1. The summed E-state index contributed by atoms with van der Waals surface area (Å²) >= 11 is 5.96. The van der Waals surface area contributed by atoms with E-state index in [-0.39, 0.29) is 11.9 Å². The molecule has 0 aromatic heterocycles. The van der Waals surface area contributed by atoms with E-state index >= 15 is 0 Å². The lowest BCUT2D eigenvalue weighted by Crippen LogP contribution is -2.38. The number of rotatable bonds is 4. The molecular weight excluding hydrogens is 276 g/mol. The molecule has 20 heavy (non-hydrogen) atoms. The Hall–Kier alpha value is -1.52. The molecule has 0 bridgehead atoms. The van der Waals surface area contributed by atoms with Crippen LogP contribution >= 0.6 is 11.6 Å². The summed E-state index contributed by atoms with van der Waals surface area (Å²) in [6.45, 7) is 1.29. The molecule has 2 N–H and O–H groups in total. The lowest BCUT2D eigenvalue weighted by molar-refractivity contribution is -0.126. The molecule has 1 unspecified atom stereocenters. The third kappa shape index (κ3) is 3.32. The van der Waals surface area contributed by atoms with Crippen molar-refractivity contribution >= 4 is 23.6 Å². The Morgan fingerprint density at radius 3 is 3.10 bits per heavy atom. The van der Waals surface area contributed by atoms with Crippen molar-refractivity contribution in [1.29, 1.82) is 0 Å². The highest BCUT2D eigenvalue weighted by atomic mass is 35.5. The zero-order valence-corrected chi connectivity index (χ0v) is 12.3. The van der Waals surface area contributed by atoms with Crippen molar-refractivity contribution in [2.45, 2.75) is 18.9 Å². The summed E-state index contributed by atoms with van der Waals surface area (Å²) in [4.78, 5) is 14.0. The monoisotopic (exact) mass is 294 g/mol. The van der Waals surface area contributed by atoms with Crippen LogP contribution in [0, 0.1) is 0 Å². The maximum absolute atomic E-state index is 12.2. The van der Waals surface area contributed by atoms with Gasteiger partial charge in [-0.05, 0) is 37.1 Å². The Bertz CT molecular complexity index is 517. The third-order valence-corrected chi connectivity index (χ3v) is 3.76. The van der Waals surface area contributed by atoms with Crippen LogP contribution in [0.3, 0.4) is 0 Å². The van der Waals surface area contributed by atoms with E-state index in [1.54, 1.807) is 37.5 Å². The Morgan fingerprint density at radius 2 is 2.40 bits per heavy atom. The molecule has 1 aliphatic heterocycles. The number of amides is 1. The van der Waals surface area contributed by atoms with E-state index in [4.69, 9.17) is 22.1 Å². The van der Waals surface area contributed by atoms with Crippen molar-refractivity contribution in [3.8, 4) is 5.75 Å². The van der Waals surface area contributed by atoms with Crippen LogP contribution in [0.1, 0.15) is 18.4 Å². The fourth-order valence-electron chi connectivity index (χ4n) is 2.46. The zero-order valence-electron chi connectivity index (χ0n) is 11.5. The summed E-state index contributed by atoms with van der Waals surface area (Å²) in [7, 11) is 1.59. The molecule has 1 fully saturated rings. The molecule has 1 atom stereocenters. The average molecular weight is 295 g/mol. The van der Waals surface area contributed by atoms with E-state index in [0.717, 1.165) is 24.9 Å². The summed E-state index contributed by atoms with van der Waals surface area (Å²) in [5.74, 6) is 0.676. The van der Waals surface area contributed by atoms with Gasteiger partial charge in [-0.2, -0.15) is 0 Å². The van der Waals surface area contributed by atoms with Crippen LogP contribution < -0.4 is 10.5 Å². The summed E-state index contributed by atoms with van der Waals surface area (Å²) in [6, 6.07) is 5.47. The Labute approximate surface area is 124 Å². The summed E-state index contributed by atoms with van der Waals surface area (Å²) in [6.07, 6.45) is 5.29. The molecule has 1 aromatic rings. The zero-order chi connectivity index (χ0) is 14.5. The van der Waals surface area contributed by atoms with Gasteiger partial charge in [0, 0.05) is 35.8 Å². The Morgan fingerprint density at radius 1 is 1.60 bits per heavy atom. The highest BCUT2D eigenvalue weighted by Gasteiger charge is 2.25. The van der Waals surface area contributed by atoms with Gasteiger partial charge in [0.1, 0.15) is 5.75 Å². The van der Waals surface area contributed by atoms with Gasteiger partial charge >= 0.3 is 0 Å². The van der Waals surface area contributed by atoms with Gasteiger partial charge in [0.2, 0.25) is 5.91 Å². The van der Waals surface area contributed by atoms with Crippen LogP contribution in [-0.2, 0) is 4.79 Å². The largest absolute Gasteiger partial charge is 0.496 e. The first-order valence-corrected chi connectivity index (χ1v) is 7.05. The summed E-state index contributed by atoms with van der Waals surface area (Å²) in [5, 5.41) is 0.610. The van der Waals surface area contributed by atoms with E-state index in [2.05, 4.69) is 0 Å². The van der Waals surface area contributed by atoms with E-state index in [9.17, 15) is 4.79 Å². The molecule has 0 saturated carbocycles. The highest BCUT2D eigenvalue weighted by molar-refractivity contribution is 6.30. The maximum atomic E-state index is 12.2. The first-order valence-electron chi connectivity index (χ1n) is 6.68. The van der Waals surface area contributed by atoms with Crippen molar-refractivity contribution in [2.75, 3.05) is 20.2 Å². The second kappa shape index (κ2) is 6.77. The van der Waals surface area contributed by atoms with E-state index in [0.29, 0.717) is 17.3 Å². The number of hydrogen-bond acceptors (Lipinski definition) is 3. The van der Waals surface area contributed by atoms with Crippen LogP contribution in [0.25, 0.3) is 6.08 Å². The maximum Gasteiger partial charge on any atom is 0.246 e. The topological polar surface area (TPSA) is 55.6 Å². The highest BCUT2D eigenvalue weighted by Crippen LogP contribution is 2.24. The number of nitrogens with zero attached hydrogens (tertiary/aromatic N) is 1. The number of likely N-dealkylation sites (tertiary alicyclic amines) is 1. The summed E-state index contributed by atoms with van der Waals surface area (Å²) < 4.78 is 5.25. The molecule has 2 rings (SSSR count). The third-order valence-electron chi connectivity index (χ3n) is 3.53. The molecule has 108 valence electrons. The smallest absolute Gasteiger partial charge is 0.246 e. The Kier molecular flexibility index (Phi) is 5.04. The molecule has 0 spiro atoms. The molecule has 1 amide bonds. The first kappa shape index (κ1) is 14.9. The summed E-state index contributed by atoms with van der Waals surface area (Å²) in [5.41, 5.74) is 6.47. The van der Waals surface area contributed by atoms with Crippen molar-refractivity contribution in [2.24, 2.45) is 5.73 Å². The van der Waals surface area contributed by atoms with Gasteiger partial charge < -0.3 is 15.4 Å². The second-order valence-corrected chi connectivity index (χ2v) is 5.22. The SMILES string of the molecule is COc1ccc(Cl)cc1/C=C/C(=O)N1CCCC1CN. The minimum atomic E-state index is -0.0139. The number of benzene rings is 1. The molecule has 1 saturated heterocycles. The van der Waals surface area contributed by atoms with Gasteiger partial charge in [-0.3, -0.25) is 4.79 Å². The van der Waals surface area contributed by atoms with Gasteiger partial charge in [-0.1, -0.05) is 11.6 Å². The molecule has 1 aromatic carbocycles. The normalized spacial score (nSPS) is 18.8. The van der Waals surface area contributed by atoms with E-state index in [1.165, 1.54) is 0 Å². The average Bonchev–Trinajstić information content (AvgIpc) is 2.93. The molecule has 4 nitrogen and oxygen atoms in total. The number of nitrogens with two attached hydrogens (primary N) is 1. The molecule has 5 heteroatoms. The van der Waals surface area contributed by atoms with Crippen LogP contribution in [0.2, 0.25) is 5.02 Å². The molecular formula is C15H19ClN2O2. The van der Waals surface area contributed by atoms with E-state index in [1.807, 2.05) is 4.90 Å². The van der Waals surface area contributed by atoms with Gasteiger partial charge in [0.05, 0.1) is 7.11 Å². The lowest BCUT2D eigenvalue weighted by Gasteiger charge is -2.21. The van der Waals surface area contributed by atoms with Crippen LogP contribution in [-0.4, -0.2) is 37.0 Å². The number of carbonyl (C=O) groups excluding carboxylic acids is 1. The fraction of sp³-hybridized carbons (Fsp3) is 0.400. The van der Waals surface area contributed by atoms with Crippen molar-refractivity contribution in [3.05, 3.63) is 34.9 Å². The van der Waals surface area contributed by atoms with Crippen molar-refractivity contribution in [3.63, 3.8) is 0 Å². The van der Waals surface area contributed by atoms with Crippen LogP contribution in [0.15, 0.2) is 24.3 Å². The number of methoxy groups -OCH3 is 1. The van der Waals surface area contributed by atoms with Gasteiger partial charge in [-0.15, -0.1) is 0 Å². The predicted octanol–water partition coefficient (Wildman–Crippen LogP) is 2.31. The second-order valence-electron chi connectivity index (χ2n) is 4.78. The van der Waals surface area contributed by atoms with E-state index < -0.39 is 0 Å². The molecule has 0 aliphatic carbocycles. The Balaban J connectivity index is 2.12. The van der Waals surface area contributed by atoms with Crippen LogP contribution in [0.5, 0.6) is 5.75 Å². The fourth-order valence-corrected chi connectivity index (χ4v) is 2.64. The minimum Gasteiger partial charge on any atom is -0.496 e. The number of carbonyl (C=O) groups is 1. The van der Waals surface area contributed by atoms with Crippen molar-refractivity contribution in [1.82, 2.24) is 4.90 Å². The predicted molar refractivity (Wildman–Crippen MR) is 80.8 cm³/mol. The first-order chi connectivity index (χ1) is 9.65. The quantitative estimate of drug-likeness (QED) is 0.867. The molecule has 1 heterocycles. The van der Waals surface area contributed by atoms with Crippen LogP contribution in [0.4, 0.5) is 0 Å². The number of hydrogen-bond donors (Lipinski definition) is 1. The van der Waals surface area contributed by atoms with Gasteiger partial charge in [0.15, 0.2) is 0 Å². The molecule has 0 radical (unpaired) electrons. The van der Waals surface area contributed by atoms with Gasteiger partial charge in [0.25, 0.3) is 0 Å².